The summed E-state index contributed by atoms with van der Waals surface area (Å²) in [6.07, 6.45) is 3.50. The average Bonchev–Trinajstić information content (AvgIpc) is 2.08. The van der Waals surface area contributed by atoms with E-state index in [4.69, 9.17) is 10.8 Å². The van der Waals surface area contributed by atoms with Gasteiger partial charge in [-0.15, -0.1) is 0 Å². The van der Waals surface area contributed by atoms with Gasteiger partial charge in [-0.3, -0.25) is 4.98 Å². The van der Waals surface area contributed by atoms with E-state index in [-0.39, 0.29) is 0 Å². The molecule has 0 amide bonds. The Bertz CT molecular complexity index is 179. The zero-order valence-electron chi connectivity index (χ0n) is 6.32. The van der Waals surface area contributed by atoms with Crippen molar-refractivity contribution in [1.82, 2.24) is 4.98 Å². The molecule has 8 heteroatoms. The van der Waals surface area contributed by atoms with Crippen LogP contribution in [0.3, 0.4) is 0 Å². The van der Waals surface area contributed by atoms with Crippen molar-refractivity contribution in [2.45, 2.75) is 0 Å². The smallest absolute Gasteiger partial charge is 0.418 e. The van der Waals surface area contributed by atoms with Gasteiger partial charge in [0.2, 0.25) is 0 Å². The summed E-state index contributed by atoms with van der Waals surface area (Å²) < 4.78 is 39.0. The molecule has 1 heterocycles. The van der Waals surface area contributed by atoms with Gasteiger partial charge in [-0.25, -0.2) is 0 Å². The fourth-order valence-electron chi connectivity index (χ4n) is 0.313. The molecule has 1 aromatic heterocycles. The summed E-state index contributed by atoms with van der Waals surface area (Å²) in [5.41, 5.74) is 0. The summed E-state index contributed by atoms with van der Waals surface area (Å²) in [7, 11) is -6.00. The molecule has 0 bridgehead atoms. The number of rotatable bonds is 0. The topological polar surface area (TPSA) is 60.5 Å². The maximum atomic E-state index is 9.75. The Morgan fingerprint density at radius 3 is 1.23 bits per heavy atom. The normalized spacial score (nSPS) is 8.46. The lowest BCUT2D eigenvalue weighted by atomic mass is 10.3. The maximum Gasteiger partial charge on any atom is 0.673 e. The molecule has 0 saturated heterocycles. The first-order chi connectivity index (χ1) is 6.00. The van der Waals surface area contributed by atoms with Gasteiger partial charge in [-0.1, -0.05) is 6.07 Å². The third-order valence-corrected chi connectivity index (χ3v) is 0.566. The van der Waals surface area contributed by atoms with Gasteiger partial charge in [-0.2, -0.15) is 0 Å². The van der Waals surface area contributed by atoms with E-state index in [0.717, 1.165) is 0 Å². The Labute approximate surface area is 71.9 Å². The van der Waals surface area contributed by atoms with Gasteiger partial charge < -0.3 is 17.3 Å². The second-order valence-electron chi connectivity index (χ2n) is 1.52. The molecule has 0 aliphatic carbocycles. The molecule has 0 aliphatic heterocycles. The van der Waals surface area contributed by atoms with Gasteiger partial charge in [0.1, 0.15) is 0 Å². The minimum absolute atomic E-state index is 1.75. The fraction of sp³-hybridized carbons (Fsp3) is 0. The second kappa shape index (κ2) is 8.45. The highest BCUT2D eigenvalue weighted by molar-refractivity contribution is 6.50. The van der Waals surface area contributed by atoms with Gasteiger partial charge in [0.15, 0.2) is 0 Å². The van der Waals surface area contributed by atoms with E-state index >= 15 is 0 Å². The molecule has 72 valence electrons. The first kappa shape index (κ1) is 13.9. The quantitative estimate of drug-likeness (QED) is 0.361. The Kier molecular flexibility index (Phi) is 9.04. The molecule has 1 aromatic rings. The first-order valence-electron chi connectivity index (χ1n) is 2.92. The molecule has 0 unspecified atom stereocenters. The van der Waals surface area contributed by atoms with Crippen LogP contribution in [0.25, 0.3) is 0 Å². The summed E-state index contributed by atoms with van der Waals surface area (Å²) in [4.78, 5) is 3.78. The minimum atomic E-state index is -6.00. The van der Waals surface area contributed by atoms with Crippen LogP contribution in [0.2, 0.25) is 0 Å². The summed E-state index contributed by atoms with van der Waals surface area (Å²) in [6.45, 7) is 0. The molecule has 0 saturated carbocycles. The predicted octanol–water partition coefficient (Wildman–Crippen LogP) is 2.41. The number of nitrogens with zero attached hydrogens (tertiary/aromatic N) is 3. The number of halogens is 4. The average molecular weight is 194 g/mol. The van der Waals surface area contributed by atoms with Crippen LogP contribution < -0.4 is 0 Å². The zero-order chi connectivity index (χ0) is 10.7. The molecule has 0 N–H and O–H groups in total. The molecule has 0 atom stereocenters. The van der Waals surface area contributed by atoms with E-state index < -0.39 is 7.25 Å². The summed E-state index contributed by atoms with van der Waals surface area (Å²) in [5, 5.41) is 12.0. The van der Waals surface area contributed by atoms with Crippen molar-refractivity contribution in [1.29, 1.82) is 10.8 Å². The van der Waals surface area contributed by atoms with E-state index in [1.807, 2.05) is 18.2 Å². The van der Waals surface area contributed by atoms with Crippen LogP contribution in [0.4, 0.5) is 17.3 Å². The summed E-state index contributed by atoms with van der Waals surface area (Å²) in [6, 6.07) is 5.72. The van der Waals surface area contributed by atoms with Gasteiger partial charge in [0.05, 0.1) is 0 Å². The SMILES string of the molecule is F[B-](F)(F)F.N#N.c1ccncc1. The van der Waals surface area contributed by atoms with Crippen molar-refractivity contribution in [2.75, 3.05) is 0 Å². The second-order valence-corrected chi connectivity index (χ2v) is 1.52. The number of aromatic nitrogens is 1. The third-order valence-electron chi connectivity index (χ3n) is 0.566. The number of hydrogen-bond donors (Lipinski definition) is 0. The first-order valence-corrected chi connectivity index (χ1v) is 2.92. The van der Waals surface area contributed by atoms with Crippen LogP contribution in [0.5, 0.6) is 0 Å². The van der Waals surface area contributed by atoms with E-state index in [9.17, 15) is 17.3 Å². The van der Waals surface area contributed by atoms with E-state index in [2.05, 4.69) is 4.98 Å². The third kappa shape index (κ3) is 38.1. The highest BCUT2D eigenvalue weighted by Gasteiger charge is 2.20. The molecule has 3 nitrogen and oxygen atoms in total. The standard InChI is InChI=1S/C5H5N.BF4.N2/c1-2-4-6-5-3-1;2-1(3,4)5;1-2/h1-5H;;/q;-1;. The van der Waals surface area contributed by atoms with Gasteiger partial charge in [0.25, 0.3) is 0 Å². The van der Waals surface area contributed by atoms with E-state index in [1.54, 1.807) is 12.4 Å². The van der Waals surface area contributed by atoms with Gasteiger partial charge >= 0.3 is 7.25 Å². The van der Waals surface area contributed by atoms with Crippen molar-refractivity contribution in [2.24, 2.45) is 0 Å². The van der Waals surface area contributed by atoms with Gasteiger partial charge in [0, 0.05) is 23.2 Å². The Morgan fingerprint density at radius 1 is 0.846 bits per heavy atom. The van der Waals surface area contributed by atoms with E-state index in [1.165, 1.54) is 0 Å². The monoisotopic (exact) mass is 194 g/mol. The molecular weight excluding hydrogens is 189 g/mol. The Morgan fingerprint density at radius 2 is 1.15 bits per heavy atom. The van der Waals surface area contributed by atoms with Crippen LogP contribution >= 0.6 is 0 Å². The molecule has 0 fully saturated rings. The van der Waals surface area contributed by atoms with Crippen molar-refractivity contribution >= 4 is 7.25 Å². The lowest BCUT2D eigenvalue weighted by molar-refractivity contribution is 0.368. The van der Waals surface area contributed by atoms with Gasteiger partial charge in [-0.05, 0) is 12.1 Å². The highest BCUT2D eigenvalue weighted by Crippen LogP contribution is 2.06. The van der Waals surface area contributed by atoms with E-state index in [0.29, 0.717) is 0 Å². The lowest BCUT2D eigenvalue weighted by Gasteiger charge is -1.94. The van der Waals surface area contributed by atoms with Crippen molar-refractivity contribution in [3.63, 3.8) is 0 Å². The van der Waals surface area contributed by atoms with Crippen molar-refractivity contribution < 1.29 is 17.3 Å². The lowest BCUT2D eigenvalue weighted by Crippen LogP contribution is -2.02. The fourth-order valence-corrected chi connectivity index (χ4v) is 0.313. The molecule has 0 aromatic carbocycles. The van der Waals surface area contributed by atoms with Crippen LogP contribution in [0, 0.1) is 10.8 Å². The Hall–Kier alpha value is -1.65. The predicted molar refractivity (Wildman–Crippen MR) is 37.9 cm³/mol. The van der Waals surface area contributed by atoms with Crippen LogP contribution in [-0.4, -0.2) is 12.2 Å². The van der Waals surface area contributed by atoms with Crippen LogP contribution in [-0.2, 0) is 0 Å². The molecule has 13 heavy (non-hydrogen) atoms. The molecule has 0 radical (unpaired) electrons. The van der Waals surface area contributed by atoms with Crippen molar-refractivity contribution in [3.05, 3.63) is 30.6 Å². The largest absolute Gasteiger partial charge is 0.673 e. The van der Waals surface area contributed by atoms with Crippen molar-refractivity contribution in [3.8, 4) is 0 Å². The molecule has 0 spiro atoms. The number of hydrogen-bond acceptors (Lipinski definition) is 3. The van der Waals surface area contributed by atoms with Crippen LogP contribution in [0.1, 0.15) is 0 Å². The maximum absolute atomic E-state index is 9.75. The highest BCUT2D eigenvalue weighted by atomic mass is 19.5. The summed E-state index contributed by atoms with van der Waals surface area (Å²) >= 11 is 0. The number of pyridine rings is 1. The minimum Gasteiger partial charge on any atom is -0.418 e. The zero-order valence-corrected chi connectivity index (χ0v) is 6.32. The molecule has 1 rings (SSSR count). The summed E-state index contributed by atoms with van der Waals surface area (Å²) in [5.74, 6) is 0. The van der Waals surface area contributed by atoms with Crippen LogP contribution in [0.15, 0.2) is 30.6 Å². The Balaban J connectivity index is 0. The molecule has 0 aliphatic rings. The molecular formula is C5H5BF4N3-.